The van der Waals surface area contributed by atoms with E-state index in [4.69, 9.17) is 27.9 Å². The predicted molar refractivity (Wildman–Crippen MR) is 78.4 cm³/mol. The third kappa shape index (κ3) is 2.71. The molecule has 0 saturated carbocycles. The molecule has 0 unspecified atom stereocenters. The molecule has 3 rings (SSSR count). The molecule has 0 radical (unpaired) electrons. The van der Waals surface area contributed by atoms with Crippen molar-refractivity contribution in [2.24, 2.45) is 0 Å². The third-order valence-corrected chi connectivity index (χ3v) is 3.98. The fourth-order valence-electron chi connectivity index (χ4n) is 1.79. The second-order valence-electron chi connectivity index (χ2n) is 4.00. The number of hydrogen-bond acceptors (Lipinski definition) is 3. The Morgan fingerprint density at radius 1 is 1.37 bits per heavy atom. The summed E-state index contributed by atoms with van der Waals surface area (Å²) >= 11 is 13.4. The maximum Gasteiger partial charge on any atom is 0.193 e. The Kier molecular flexibility index (Phi) is 3.64. The van der Waals surface area contributed by atoms with Crippen LogP contribution in [0, 0.1) is 0 Å². The van der Waals surface area contributed by atoms with Gasteiger partial charge in [0.05, 0.1) is 11.6 Å². The minimum atomic E-state index is 0.369. The normalized spacial score (nSPS) is 11.1. The molecule has 6 heteroatoms. The summed E-state index contributed by atoms with van der Waals surface area (Å²) < 4.78 is 7.73. The zero-order valence-electron chi connectivity index (χ0n) is 9.85. The van der Waals surface area contributed by atoms with E-state index in [1.807, 2.05) is 34.3 Å². The van der Waals surface area contributed by atoms with Crippen LogP contribution in [0.1, 0.15) is 11.3 Å². The lowest BCUT2D eigenvalue weighted by atomic mass is 10.2. The van der Waals surface area contributed by atoms with Crippen molar-refractivity contribution >= 4 is 39.5 Å². The van der Waals surface area contributed by atoms with Crippen LogP contribution in [0.15, 0.2) is 36.0 Å². The summed E-state index contributed by atoms with van der Waals surface area (Å²) in [5.74, 6) is 1.12. The number of rotatable bonds is 4. The lowest BCUT2D eigenvalue weighted by Crippen LogP contribution is -1.98. The van der Waals surface area contributed by atoms with Crippen LogP contribution >= 0.6 is 34.5 Å². The summed E-state index contributed by atoms with van der Waals surface area (Å²) in [6.07, 6.45) is 3.94. The van der Waals surface area contributed by atoms with Gasteiger partial charge in [0.2, 0.25) is 0 Å². The van der Waals surface area contributed by atoms with Gasteiger partial charge in [0.1, 0.15) is 12.4 Å². The minimum Gasteiger partial charge on any atom is -0.487 e. The Morgan fingerprint density at radius 3 is 3.05 bits per heavy atom. The van der Waals surface area contributed by atoms with E-state index < -0.39 is 0 Å². The molecule has 0 bridgehead atoms. The molecule has 2 heterocycles. The van der Waals surface area contributed by atoms with Gasteiger partial charge >= 0.3 is 0 Å². The lowest BCUT2D eigenvalue weighted by Gasteiger charge is -2.08. The summed E-state index contributed by atoms with van der Waals surface area (Å²) in [5, 5.41) is 2.66. The Labute approximate surface area is 124 Å². The van der Waals surface area contributed by atoms with Gasteiger partial charge in [-0.05, 0) is 18.2 Å². The maximum atomic E-state index is 5.92. The molecule has 0 N–H and O–H groups in total. The Hall–Kier alpha value is -1.23. The van der Waals surface area contributed by atoms with E-state index in [2.05, 4.69) is 4.98 Å². The number of fused-ring (bicyclic) bond motifs is 1. The van der Waals surface area contributed by atoms with Crippen molar-refractivity contribution in [3.63, 3.8) is 0 Å². The van der Waals surface area contributed by atoms with Crippen molar-refractivity contribution < 1.29 is 4.74 Å². The number of aromatic nitrogens is 2. The molecule has 0 fully saturated rings. The van der Waals surface area contributed by atoms with Crippen LogP contribution in [0.25, 0.3) is 4.96 Å². The van der Waals surface area contributed by atoms with Crippen LogP contribution in [0.4, 0.5) is 0 Å². The Morgan fingerprint density at radius 2 is 2.26 bits per heavy atom. The van der Waals surface area contributed by atoms with Crippen molar-refractivity contribution in [3.8, 4) is 5.75 Å². The summed E-state index contributed by atoms with van der Waals surface area (Å²) in [6.45, 7) is 0.417. The third-order valence-electron chi connectivity index (χ3n) is 2.69. The van der Waals surface area contributed by atoms with Gasteiger partial charge in [-0.15, -0.1) is 22.9 Å². The monoisotopic (exact) mass is 312 g/mol. The standard InChI is InChI=1S/C13H10Cl2N2OS/c14-6-9-5-10(15)1-2-12(9)18-8-11-7-17-3-4-19-13(17)16-11/h1-5,7H,6,8H2. The molecule has 0 amide bonds. The van der Waals surface area contributed by atoms with Gasteiger partial charge in [-0.25, -0.2) is 4.98 Å². The summed E-state index contributed by atoms with van der Waals surface area (Å²) in [6, 6.07) is 5.44. The van der Waals surface area contributed by atoms with Crippen LogP contribution in [0.5, 0.6) is 5.75 Å². The summed E-state index contributed by atoms with van der Waals surface area (Å²) in [5.41, 5.74) is 1.78. The molecular weight excluding hydrogens is 303 g/mol. The highest BCUT2D eigenvalue weighted by Gasteiger charge is 2.07. The van der Waals surface area contributed by atoms with Gasteiger partial charge in [-0.1, -0.05) is 11.6 Å². The molecule has 3 nitrogen and oxygen atoms in total. The van der Waals surface area contributed by atoms with Gasteiger partial charge in [0, 0.05) is 28.4 Å². The number of thiazole rings is 1. The van der Waals surface area contributed by atoms with E-state index in [0.29, 0.717) is 17.5 Å². The highest BCUT2D eigenvalue weighted by Crippen LogP contribution is 2.25. The number of hydrogen-bond donors (Lipinski definition) is 0. The summed E-state index contributed by atoms with van der Waals surface area (Å²) in [4.78, 5) is 5.42. The molecule has 0 spiro atoms. The van der Waals surface area contributed by atoms with Crippen LogP contribution in [0.3, 0.4) is 0 Å². The number of nitrogens with zero attached hydrogens (tertiary/aromatic N) is 2. The maximum absolute atomic E-state index is 5.92. The fourth-order valence-corrected chi connectivity index (χ4v) is 2.91. The first-order chi connectivity index (χ1) is 9.26. The van der Waals surface area contributed by atoms with E-state index in [-0.39, 0.29) is 0 Å². The zero-order valence-corrected chi connectivity index (χ0v) is 12.2. The molecule has 0 aliphatic heterocycles. The number of ether oxygens (including phenoxy) is 1. The lowest BCUT2D eigenvalue weighted by molar-refractivity contribution is 0.300. The first kappa shape index (κ1) is 12.8. The van der Waals surface area contributed by atoms with Gasteiger partial charge in [-0.3, -0.25) is 4.40 Å². The molecule has 0 saturated heterocycles. The topological polar surface area (TPSA) is 26.5 Å². The van der Waals surface area contributed by atoms with Crippen LogP contribution in [-0.4, -0.2) is 9.38 Å². The predicted octanol–water partition coefficient (Wildman–Crippen LogP) is 4.37. The highest BCUT2D eigenvalue weighted by molar-refractivity contribution is 7.15. The molecule has 2 aromatic heterocycles. The van der Waals surface area contributed by atoms with Crippen molar-refractivity contribution in [1.29, 1.82) is 0 Å². The Bertz CT molecular complexity index is 679. The SMILES string of the molecule is ClCc1cc(Cl)ccc1OCc1cn2ccsc2n1. The molecule has 98 valence electrons. The number of alkyl halides is 1. The average molecular weight is 313 g/mol. The van der Waals surface area contributed by atoms with E-state index >= 15 is 0 Å². The number of imidazole rings is 1. The zero-order chi connectivity index (χ0) is 13.2. The van der Waals surface area contributed by atoms with Crippen molar-refractivity contribution in [3.05, 3.63) is 52.3 Å². The second-order valence-corrected chi connectivity index (χ2v) is 5.58. The Balaban J connectivity index is 1.77. The van der Waals surface area contributed by atoms with Crippen LogP contribution in [-0.2, 0) is 12.5 Å². The quantitative estimate of drug-likeness (QED) is 0.669. The van der Waals surface area contributed by atoms with Crippen LogP contribution < -0.4 is 4.74 Å². The molecule has 0 aliphatic rings. The average Bonchev–Trinajstić information content (AvgIpc) is 2.97. The molecular formula is C13H10Cl2N2OS. The highest BCUT2D eigenvalue weighted by atomic mass is 35.5. The van der Waals surface area contributed by atoms with E-state index in [9.17, 15) is 0 Å². The molecule has 0 atom stereocenters. The van der Waals surface area contributed by atoms with Gasteiger partial charge < -0.3 is 4.74 Å². The van der Waals surface area contributed by atoms with E-state index in [1.165, 1.54) is 0 Å². The van der Waals surface area contributed by atoms with Crippen molar-refractivity contribution in [2.75, 3.05) is 0 Å². The summed E-state index contributed by atoms with van der Waals surface area (Å²) in [7, 11) is 0. The van der Waals surface area contributed by atoms with Crippen LogP contribution in [0.2, 0.25) is 5.02 Å². The largest absolute Gasteiger partial charge is 0.487 e. The molecule has 19 heavy (non-hydrogen) atoms. The van der Waals surface area contributed by atoms with Crippen molar-refractivity contribution in [1.82, 2.24) is 9.38 Å². The molecule has 1 aromatic carbocycles. The van der Waals surface area contributed by atoms with Gasteiger partial charge in [-0.2, -0.15) is 0 Å². The van der Waals surface area contributed by atoms with E-state index in [1.54, 1.807) is 17.4 Å². The minimum absolute atomic E-state index is 0.369. The van der Waals surface area contributed by atoms with Crippen molar-refractivity contribution in [2.45, 2.75) is 12.5 Å². The first-order valence-corrected chi connectivity index (χ1v) is 7.44. The number of halogens is 2. The smallest absolute Gasteiger partial charge is 0.193 e. The van der Waals surface area contributed by atoms with Gasteiger partial charge in [0.15, 0.2) is 4.96 Å². The molecule has 0 aliphatic carbocycles. The van der Waals surface area contributed by atoms with Gasteiger partial charge in [0.25, 0.3) is 0 Å². The first-order valence-electron chi connectivity index (χ1n) is 5.64. The second kappa shape index (κ2) is 5.41. The number of benzene rings is 1. The van der Waals surface area contributed by atoms with E-state index in [0.717, 1.165) is 22.0 Å². The fraction of sp³-hybridized carbons (Fsp3) is 0.154. The molecule has 3 aromatic rings.